The van der Waals surface area contributed by atoms with E-state index < -0.39 is 12.1 Å². The van der Waals surface area contributed by atoms with Gasteiger partial charge in [0.2, 0.25) is 0 Å². The van der Waals surface area contributed by atoms with E-state index in [4.69, 9.17) is 9.84 Å². The van der Waals surface area contributed by atoms with Crippen LogP contribution >= 0.6 is 0 Å². The van der Waals surface area contributed by atoms with Gasteiger partial charge in [0, 0.05) is 13.0 Å². The largest absolute Gasteiger partial charge is 0.481 e. The second kappa shape index (κ2) is 11.0. The predicted octanol–water partition coefficient (Wildman–Crippen LogP) is 2.32. The van der Waals surface area contributed by atoms with Crippen molar-refractivity contribution in [3.8, 4) is 0 Å². The van der Waals surface area contributed by atoms with Gasteiger partial charge in [-0.15, -0.1) is 0 Å². The summed E-state index contributed by atoms with van der Waals surface area (Å²) < 4.78 is 4.73. The minimum atomic E-state index is -0.739. The first kappa shape index (κ1) is 15.5. The number of carboxylic acids is 1. The first-order valence-corrected chi connectivity index (χ1v) is 5.90. The smallest absolute Gasteiger partial charge is 0.407 e. The summed E-state index contributed by atoms with van der Waals surface area (Å²) in [7, 11) is 0. The Kier molecular flexibility index (Phi) is 10.00. The van der Waals surface area contributed by atoms with Crippen LogP contribution in [0.4, 0.5) is 4.79 Å². The van der Waals surface area contributed by atoms with Gasteiger partial charge in [0.25, 0.3) is 0 Å². The topological polar surface area (TPSA) is 75.6 Å². The maximum atomic E-state index is 11.0. The SMILES string of the molecule is C=CCOC(=O)NCCCCCCCC(=O)O. The van der Waals surface area contributed by atoms with Crippen LogP contribution in [0.5, 0.6) is 0 Å². The van der Waals surface area contributed by atoms with Gasteiger partial charge in [-0.1, -0.05) is 31.9 Å². The number of carbonyl (C=O) groups is 2. The minimum Gasteiger partial charge on any atom is -0.481 e. The maximum Gasteiger partial charge on any atom is 0.407 e. The van der Waals surface area contributed by atoms with Gasteiger partial charge < -0.3 is 15.2 Å². The van der Waals surface area contributed by atoms with E-state index in [2.05, 4.69) is 11.9 Å². The third-order valence-corrected chi connectivity index (χ3v) is 2.17. The fourth-order valence-corrected chi connectivity index (χ4v) is 1.31. The number of hydrogen-bond acceptors (Lipinski definition) is 3. The van der Waals surface area contributed by atoms with Crippen molar-refractivity contribution in [3.05, 3.63) is 12.7 Å². The second-order valence-corrected chi connectivity index (χ2v) is 3.73. The van der Waals surface area contributed by atoms with Gasteiger partial charge in [-0.2, -0.15) is 0 Å². The number of ether oxygens (including phenoxy) is 1. The van der Waals surface area contributed by atoms with Crippen molar-refractivity contribution in [1.29, 1.82) is 0 Å². The van der Waals surface area contributed by atoms with E-state index in [-0.39, 0.29) is 13.0 Å². The van der Waals surface area contributed by atoms with E-state index in [1.54, 1.807) is 0 Å². The Morgan fingerprint density at radius 2 is 1.82 bits per heavy atom. The van der Waals surface area contributed by atoms with E-state index in [1.807, 2.05) is 0 Å². The molecule has 2 N–H and O–H groups in total. The number of carbonyl (C=O) groups excluding carboxylic acids is 1. The summed E-state index contributed by atoms with van der Waals surface area (Å²) in [5.41, 5.74) is 0. The number of rotatable bonds is 10. The molecule has 0 aromatic carbocycles. The van der Waals surface area contributed by atoms with Crippen molar-refractivity contribution in [2.75, 3.05) is 13.2 Å². The molecule has 0 atom stereocenters. The van der Waals surface area contributed by atoms with Gasteiger partial charge in [0.1, 0.15) is 6.61 Å². The number of amides is 1. The summed E-state index contributed by atoms with van der Waals surface area (Å²) in [5.74, 6) is -0.739. The maximum absolute atomic E-state index is 11.0. The van der Waals surface area contributed by atoms with Crippen LogP contribution in [0.3, 0.4) is 0 Å². The van der Waals surface area contributed by atoms with Crippen LogP contribution in [-0.4, -0.2) is 30.3 Å². The average Bonchev–Trinajstić information content (AvgIpc) is 2.29. The zero-order chi connectivity index (χ0) is 12.9. The summed E-state index contributed by atoms with van der Waals surface area (Å²) in [6.45, 7) is 4.25. The molecule has 0 fully saturated rings. The van der Waals surface area contributed by atoms with E-state index in [0.29, 0.717) is 6.54 Å². The van der Waals surface area contributed by atoms with Crippen molar-refractivity contribution in [2.24, 2.45) is 0 Å². The molecule has 5 nitrogen and oxygen atoms in total. The fraction of sp³-hybridized carbons (Fsp3) is 0.667. The highest BCUT2D eigenvalue weighted by molar-refractivity contribution is 5.67. The van der Waals surface area contributed by atoms with Crippen molar-refractivity contribution >= 4 is 12.1 Å². The van der Waals surface area contributed by atoms with E-state index in [9.17, 15) is 9.59 Å². The Bertz CT molecular complexity index is 241. The number of carboxylic acid groups (broad SMARTS) is 1. The molecule has 0 unspecified atom stereocenters. The molecule has 0 aromatic heterocycles. The number of hydrogen-bond donors (Lipinski definition) is 2. The molecule has 0 saturated heterocycles. The highest BCUT2D eigenvalue weighted by Gasteiger charge is 1.99. The molecule has 0 spiro atoms. The molecule has 0 saturated carbocycles. The van der Waals surface area contributed by atoms with Crippen LogP contribution in [0.1, 0.15) is 38.5 Å². The lowest BCUT2D eigenvalue weighted by atomic mass is 10.1. The van der Waals surface area contributed by atoms with Gasteiger partial charge in [-0.25, -0.2) is 4.79 Å². The standard InChI is InChI=1S/C12H21NO4/c1-2-10-17-12(16)13-9-7-5-3-4-6-8-11(14)15/h2H,1,3-10H2,(H,13,16)(H,14,15). The van der Waals surface area contributed by atoms with Gasteiger partial charge in [0.05, 0.1) is 0 Å². The van der Waals surface area contributed by atoms with Gasteiger partial charge in [-0.05, 0) is 12.8 Å². The second-order valence-electron chi connectivity index (χ2n) is 3.73. The monoisotopic (exact) mass is 243 g/mol. The number of aliphatic carboxylic acids is 1. The van der Waals surface area contributed by atoms with Crippen molar-refractivity contribution in [3.63, 3.8) is 0 Å². The Morgan fingerprint density at radius 1 is 1.18 bits per heavy atom. The highest BCUT2D eigenvalue weighted by Crippen LogP contribution is 2.04. The van der Waals surface area contributed by atoms with Crippen molar-refractivity contribution in [2.45, 2.75) is 38.5 Å². The molecule has 0 aromatic rings. The van der Waals surface area contributed by atoms with Crippen LogP contribution in [0, 0.1) is 0 Å². The Labute approximate surface area is 102 Å². The third kappa shape index (κ3) is 12.4. The molecule has 17 heavy (non-hydrogen) atoms. The highest BCUT2D eigenvalue weighted by atomic mass is 16.5. The normalized spacial score (nSPS) is 9.65. The summed E-state index contributed by atoms with van der Waals surface area (Å²) in [5, 5.41) is 11.0. The molecule has 5 heteroatoms. The number of unbranched alkanes of at least 4 members (excludes halogenated alkanes) is 4. The van der Waals surface area contributed by atoms with E-state index in [0.717, 1.165) is 32.1 Å². The zero-order valence-corrected chi connectivity index (χ0v) is 10.1. The number of alkyl carbamates (subject to hydrolysis) is 1. The Morgan fingerprint density at radius 3 is 2.47 bits per heavy atom. The minimum absolute atomic E-state index is 0.223. The predicted molar refractivity (Wildman–Crippen MR) is 64.9 cm³/mol. The lowest BCUT2D eigenvalue weighted by Crippen LogP contribution is -2.25. The lowest BCUT2D eigenvalue weighted by molar-refractivity contribution is -0.137. The first-order chi connectivity index (χ1) is 8.16. The zero-order valence-electron chi connectivity index (χ0n) is 10.1. The molecule has 0 aliphatic heterocycles. The summed E-state index contributed by atoms with van der Waals surface area (Å²) in [6, 6.07) is 0. The molecule has 0 radical (unpaired) electrons. The molecule has 0 heterocycles. The fourth-order valence-electron chi connectivity index (χ4n) is 1.31. The number of nitrogens with one attached hydrogen (secondary N) is 1. The first-order valence-electron chi connectivity index (χ1n) is 5.90. The molecule has 0 rings (SSSR count). The molecular formula is C12H21NO4. The van der Waals surface area contributed by atoms with Crippen LogP contribution in [0.15, 0.2) is 12.7 Å². The molecule has 98 valence electrons. The third-order valence-electron chi connectivity index (χ3n) is 2.17. The Hall–Kier alpha value is -1.52. The van der Waals surface area contributed by atoms with Crippen LogP contribution in [0.2, 0.25) is 0 Å². The average molecular weight is 243 g/mol. The molecular weight excluding hydrogens is 222 g/mol. The van der Waals surface area contributed by atoms with Gasteiger partial charge in [-0.3, -0.25) is 4.79 Å². The molecule has 0 aliphatic rings. The molecule has 0 bridgehead atoms. The van der Waals surface area contributed by atoms with E-state index >= 15 is 0 Å². The summed E-state index contributed by atoms with van der Waals surface area (Å²) in [6.07, 6.45) is 5.86. The van der Waals surface area contributed by atoms with Crippen molar-refractivity contribution < 1.29 is 19.4 Å². The summed E-state index contributed by atoms with van der Waals surface area (Å²) in [4.78, 5) is 21.2. The van der Waals surface area contributed by atoms with Crippen molar-refractivity contribution in [1.82, 2.24) is 5.32 Å². The quantitative estimate of drug-likeness (QED) is 0.456. The Balaban J connectivity index is 3.15. The summed E-state index contributed by atoms with van der Waals surface area (Å²) >= 11 is 0. The van der Waals surface area contributed by atoms with Crippen LogP contribution in [-0.2, 0) is 9.53 Å². The van der Waals surface area contributed by atoms with Gasteiger partial charge >= 0.3 is 12.1 Å². The van der Waals surface area contributed by atoms with E-state index in [1.165, 1.54) is 6.08 Å². The van der Waals surface area contributed by atoms with Crippen LogP contribution < -0.4 is 5.32 Å². The van der Waals surface area contributed by atoms with Crippen LogP contribution in [0.25, 0.3) is 0 Å². The molecule has 0 aliphatic carbocycles. The van der Waals surface area contributed by atoms with Gasteiger partial charge in [0.15, 0.2) is 0 Å². The molecule has 1 amide bonds. The lowest BCUT2D eigenvalue weighted by Gasteiger charge is -2.04.